The highest BCUT2D eigenvalue weighted by atomic mass is 35.5. The highest BCUT2D eigenvalue weighted by Gasteiger charge is 2.34. The van der Waals surface area contributed by atoms with Gasteiger partial charge in [0.05, 0.1) is 10.5 Å². The molecule has 4 aromatic rings. The monoisotopic (exact) mass is 664 g/mol. The largest absolute Gasteiger partial charge is 0.574 e. The molecule has 0 unspecified atom stereocenters. The van der Waals surface area contributed by atoms with Gasteiger partial charge in [-0.3, -0.25) is 4.72 Å². The molecule has 1 fully saturated rings. The zero-order valence-corrected chi connectivity index (χ0v) is 25.3. The number of aryl methyl sites for hydroxylation is 1. The molecule has 1 aliphatic rings. The molecule has 0 radical (unpaired) electrons. The normalized spacial score (nSPS) is 17.1. The first-order valence-corrected chi connectivity index (χ1v) is 15.8. The van der Waals surface area contributed by atoms with Gasteiger partial charge in [-0.05, 0) is 79.6 Å². The van der Waals surface area contributed by atoms with Gasteiger partial charge in [0.15, 0.2) is 0 Å². The molecule has 2 aromatic heterocycles. The molecule has 2 aromatic carbocycles. The Morgan fingerprint density at radius 1 is 1.07 bits per heavy atom. The average Bonchev–Trinajstić information content (AvgIpc) is 2.96. The number of nitrogens with zero attached hydrogens (tertiary/aromatic N) is 3. The first-order chi connectivity index (χ1) is 21.3. The number of nitrogens with one attached hydrogen (secondary N) is 3. The summed E-state index contributed by atoms with van der Waals surface area (Å²) in [6, 6.07) is 11.4. The van der Waals surface area contributed by atoms with Gasteiger partial charge in [0, 0.05) is 29.2 Å². The standard InChI is InChI=1S/C29H28ClF3N6O5S/c1-2-16-13-17(14-18-15-34-27(38-25(16)18)35-19-7-9-20(10-8-19)36-28(40)41)21-11-12-24(37-26(21)44-29(31,32)33)39-45(42,43)23-6-4-3-5-22(23)30/h3-6,11-15,19-20,36H,2,7-10H2,1H3,(H,37,39)(H,40,41)(H,34,35,38). The van der Waals surface area contributed by atoms with Gasteiger partial charge < -0.3 is 20.5 Å². The van der Waals surface area contributed by atoms with Crippen LogP contribution >= 0.6 is 11.6 Å². The highest BCUT2D eigenvalue weighted by molar-refractivity contribution is 7.92. The molecule has 0 aliphatic heterocycles. The number of halogens is 4. The molecule has 0 saturated heterocycles. The maximum absolute atomic E-state index is 13.5. The van der Waals surface area contributed by atoms with Crippen LogP contribution in [0.4, 0.5) is 29.7 Å². The second-order valence-electron chi connectivity index (χ2n) is 10.4. The number of rotatable bonds is 9. The van der Waals surface area contributed by atoms with E-state index in [4.69, 9.17) is 16.7 Å². The number of sulfonamides is 1. The fraction of sp³-hybridized carbons (Fsp3) is 0.310. The number of hydrogen-bond donors (Lipinski definition) is 4. The fourth-order valence-electron chi connectivity index (χ4n) is 5.21. The lowest BCUT2D eigenvalue weighted by Crippen LogP contribution is -2.39. The number of carboxylic acid groups (broad SMARTS) is 1. The quantitative estimate of drug-likeness (QED) is 0.155. The van der Waals surface area contributed by atoms with E-state index < -0.39 is 34.2 Å². The summed E-state index contributed by atoms with van der Waals surface area (Å²) in [4.78, 5) is 23.6. The number of hydrogen-bond acceptors (Lipinski definition) is 8. The number of fused-ring (bicyclic) bond motifs is 1. The molecule has 1 amide bonds. The topological polar surface area (TPSA) is 155 Å². The van der Waals surface area contributed by atoms with Crippen LogP contribution in [0.1, 0.15) is 38.2 Å². The Kier molecular flexibility index (Phi) is 9.20. The van der Waals surface area contributed by atoms with Crippen LogP contribution < -0.4 is 20.1 Å². The van der Waals surface area contributed by atoms with Crippen LogP contribution in [0.3, 0.4) is 0 Å². The van der Waals surface area contributed by atoms with Crippen LogP contribution in [0.2, 0.25) is 5.02 Å². The summed E-state index contributed by atoms with van der Waals surface area (Å²) >= 11 is 6.01. The first-order valence-electron chi connectivity index (χ1n) is 13.9. The fourth-order valence-corrected chi connectivity index (χ4v) is 6.73. The van der Waals surface area contributed by atoms with E-state index in [1.54, 1.807) is 18.3 Å². The first kappa shape index (κ1) is 32.0. The highest BCUT2D eigenvalue weighted by Crippen LogP contribution is 2.37. The van der Waals surface area contributed by atoms with Crippen molar-refractivity contribution < 1.29 is 36.2 Å². The van der Waals surface area contributed by atoms with Crippen LogP contribution in [-0.2, 0) is 16.4 Å². The maximum atomic E-state index is 13.5. The van der Waals surface area contributed by atoms with Crippen molar-refractivity contribution >= 4 is 50.4 Å². The predicted molar refractivity (Wildman–Crippen MR) is 162 cm³/mol. The summed E-state index contributed by atoms with van der Waals surface area (Å²) in [5.74, 6) is -0.866. The number of carbonyl (C=O) groups is 1. The van der Waals surface area contributed by atoms with E-state index in [1.165, 1.54) is 36.4 Å². The number of pyridine rings is 1. The van der Waals surface area contributed by atoms with Crippen molar-refractivity contribution in [3.05, 3.63) is 65.3 Å². The molecular weight excluding hydrogens is 637 g/mol. The van der Waals surface area contributed by atoms with E-state index in [1.807, 2.05) is 6.92 Å². The van der Waals surface area contributed by atoms with Crippen molar-refractivity contribution in [2.24, 2.45) is 0 Å². The van der Waals surface area contributed by atoms with Crippen LogP contribution in [0.25, 0.3) is 22.0 Å². The summed E-state index contributed by atoms with van der Waals surface area (Å²) in [7, 11) is -4.27. The molecule has 2 heterocycles. The van der Waals surface area contributed by atoms with Crippen LogP contribution in [0, 0.1) is 0 Å². The lowest BCUT2D eigenvalue weighted by Gasteiger charge is -2.28. The number of amides is 1. The SMILES string of the molecule is CCc1cc(-c2ccc(NS(=O)(=O)c3ccccc3Cl)nc2OC(F)(F)F)cc2cnc(NC3CCC(NC(=O)O)CC3)nc12. The Bertz CT molecular complexity index is 1840. The molecule has 0 bridgehead atoms. The molecule has 11 nitrogen and oxygen atoms in total. The minimum atomic E-state index is -5.11. The average molecular weight is 665 g/mol. The summed E-state index contributed by atoms with van der Waals surface area (Å²) in [5, 5.41) is 15.2. The van der Waals surface area contributed by atoms with E-state index in [2.05, 4.69) is 35.0 Å². The molecule has 16 heteroatoms. The molecule has 5 rings (SSSR count). The number of benzene rings is 2. The van der Waals surface area contributed by atoms with Gasteiger partial charge in [0.25, 0.3) is 10.0 Å². The lowest BCUT2D eigenvalue weighted by molar-refractivity contribution is -0.275. The van der Waals surface area contributed by atoms with Gasteiger partial charge in [-0.25, -0.2) is 23.2 Å². The van der Waals surface area contributed by atoms with E-state index in [0.717, 1.165) is 18.4 Å². The van der Waals surface area contributed by atoms with Gasteiger partial charge in [0.1, 0.15) is 10.7 Å². The Hall–Kier alpha value is -4.37. The number of anilines is 2. The van der Waals surface area contributed by atoms with E-state index >= 15 is 0 Å². The Morgan fingerprint density at radius 2 is 1.78 bits per heavy atom. The van der Waals surface area contributed by atoms with Crippen LogP contribution in [0.15, 0.2) is 59.6 Å². The second kappa shape index (κ2) is 12.9. The summed E-state index contributed by atoms with van der Waals surface area (Å²) < 4.78 is 72.5. The third-order valence-corrected chi connectivity index (χ3v) is 9.13. The number of alkyl halides is 3. The van der Waals surface area contributed by atoms with E-state index in [0.29, 0.717) is 41.7 Å². The van der Waals surface area contributed by atoms with Crippen molar-refractivity contribution in [1.29, 1.82) is 0 Å². The zero-order chi connectivity index (χ0) is 32.4. The van der Waals surface area contributed by atoms with Crippen LogP contribution in [0.5, 0.6) is 5.88 Å². The lowest BCUT2D eigenvalue weighted by atomic mass is 9.91. The molecule has 0 atom stereocenters. The molecule has 4 N–H and O–H groups in total. The maximum Gasteiger partial charge on any atom is 0.574 e. The Morgan fingerprint density at radius 3 is 2.44 bits per heavy atom. The van der Waals surface area contributed by atoms with Crippen molar-refractivity contribution in [2.75, 3.05) is 10.0 Å². The van der Waals surface area contributed by atoms with E-state index in [9.17, 15) is 26.4 Å². The Labute approximate surface area is 261 Å². The molecule has 238 valence electrons. The summed E-state index contributed by atoms with van der Waals surface area (Å²) in [6.07, 6.45) is -1.29. The zero-order valence-electron chi connectivity index (χ0n) is 23.7. The van der Waals surface area contributed by atoms with Gasteiger partial charge >= 0.3 is 12.5 Å². The molecular formula is C29H28ClF3N6O5S. The minimum absolute atomic E-state index is 0.0291. The third-order valence-electron chi connectivity index (χ3n) is 7.28. The smallest absolute Gasteiger partial charge is 0.465 e. The molecule has 0 spiro atoms. The van der Waals surface area contributed by atoms with E-state index in [-0.39, 0.29) is 27.6 Å². The van der Waals surface area contributed by atoms with Gasteiger partial charge in [-0.15, -0.1) is 13.2 Å². The summed E-state index contributed by atoms with van der Waals surface area (Å²) in [5.41, 5.74) is 1.64. The van der Waals surface area contributed by atoms with Crippen LogP contribution in [-0.4, -0.2) is 53.0 Å². The number of ether oxygens (including phenoxy) is 1. The van der Waals surface area contributed by atoms with Gasteiger partial charge in [0.2, 0.25) is 11.8 Å². The third kappa shape index (κ3) is 7.84. The van der Waals surface area contributed by atoms with Gasteiger partial charge in [-0.2, -0.15) is 4.98 Å². The molecule has 45 heavy (non-hydrogen) atoms. The van der Waals surface area contributed by atoms with Crippen molar-refractivity contribution in [1.82, 2.24) is 20.3 Å². The minimum Gasteiger partial charge on any atom is -0.465 e. The summed E-state index contributed by atoms with van der Waals surface area (Å²) in [6.45, 7) is 1.88. The van der Waals surface area contributed by atoms with Crippen molar-refractivity contribution in [3.8, 4) is 17.0 Å². The van der Waals surface area contributed by atoms with Gasteiger partial charge in [-0.1, -0.05) is 30.7 Å². The van der Waals surface area contributed by atoms with Crippen molar-refractivity contribution in [2.45, 2.75) is 62.4 Å². The number of aromatic nitrogens is 3. The Balaban J connectivity index is 1.44. The van der Waals surface area contributed by atoms with Crippen molar-refractivity contribution in [3.63, 3.8) is 0 Å². The molecule has 1 aliphatic carbocycles. The second-order valence-corrected chi connectivity index (χ2v) is 12.5. The predicted octanol–water partition coefficient (Wildman–Crippen LogP) is 6.60. The molecule has 1 saturated carbocycles.